The lowest BCUT2D eigenvalue weighted by Crippen LogP contribution is -2.33. The van der Waals surface area contributed by atoms with E-state index < -0.39 is 0 Å². The van der Waals surface area contributed by atoms with E-state index in [2.05, 4.69) is 42.3 Å². The molecule has 1 unspecified atom stereocenters. The van der Waals surface area contributed by atoms with Gasteiger partial charge < -0.3 is 5.32 Å². The third-order valence-electron chi connectivity index (χ3n) is 4.02. The molecule has 2 aromatic rings. The Labute approximate surface area is 133 Å². The monoisotopic (exact) mass is 312 g/mol. The molecule has 0 spiro atoms. The molecule has 0 saturated carbocycles. The molecular weight excluding hydrogens is 291 g/mol. The maximum atomic E-state index is 4.53. The number of halogens is 2. The van der Waals surface area contributed by atoms with Crippen molar-refractivity contribution >= 4 is 35.7 Å². The standard InChI is InChI=1S/C16H20N2.2ClH/c1-11-8-13(10-17-9-11)14-6-5-12(2)16-15(14)4-3-7-18-16;;/h3-7,11,13,17H,8-10H2,1-2H3;2*1H/t11-,13?;;/m1../s1. The highest BCUT2D eigenvalue weighted by molar-refractivity contribution is 5.86. The molecular formula is C16H22Cl2N2. The molecule has 4 heteroatoms. The fourth-order valence-electron chi connectivity index (χ4n) is 3.09. The molecule has 3 rings (SSSR count). The van der Waals surface area contributed by atoms with Crippen molar-refractivity contribution in [2.24, 2.45) is 5.92 Å². The number of pyridine rings is 1. The second-order valence-electron chi connectivity index (χ2n) is 5.57. The maximum absolute atomic E-state index is 4.53. The van der Waals surface area contributed by atoms with Crippen molar-refractivity contribution in [3.8, 4) is 0 Å². The number of nitrogens with zero attached hydrogens (tertiary/aromatic N) is 1. The third kappa shape index (κ3) is 3.25. The minimum Gasteiger partial charge on any atom is -0.316 e. The van der Waals surface area contributed by atoms with Gasteiger partial charge >= 0.3 is 0 Å². The lowest BCUT2D eigenvalue weighted by Gasteiger charge is -2.29. The van der Waals surface area contributed by atoms with Crippen molar-refractivity contribution in [2.75, 3.05) is 13.1 Å². The first kappa shape index (κ1) is 17.2. The van der Waals surface area contributed by atoms with Crippen molar-refractivity contribution in [3.63, 3.8) is 0 Å². The molecule has 20 heavy (non-hydrogen) atoms. The quantitative estimate of drug-likeness (QED) is 0.857. The number of piperidine rings is 1. The van der Waals surface area contributed by atoms with E-state index in [1.54, 1.807) is 0 Å². The lowest BCUT2D eigenvalue weighted by atomic mass is 9.84. The number of hydrogen-bond donors (Lipinski definition) is 1. The van der Waals surface area contributed by atoms with Gasteiger partial charge in [-0.25, -0.2) is 0 Å². The Hall–Kier alpha value is -0.830. The maximum Gasteiger partial charge on any atom is 0.0733 e. The topological polar surface area (TPSA) is 24.9 Å². The molecule has 0 radical (unpaired) electrons. The fraction of sp³-hybridized carbons (Fsp3) is 0.438. The number of hydrogen-bond acceptors (Lipinski definition) is 2. The number of nitrogens with one attached hydrogen (secondary N) is 1. The van der Waals surface area contributed by atoms with E-state index in [9.17, 15) is 0 Å². The zero-order valence-corrected chi connectivity index (χ0v) is 13.6. The van der Waals surface area contributed by atoms with Gasteiger partial charge in [-0.15, -0.1) is 24.8 Å². The molecule has 1 aromatic carbocycles. The first-order valence-electron chi connectivity index (χ1n) is 6.80. The molecule has 1 fully saturated rings. The fourth-order valence-corrected chi connectivity index (χ4v) is 3.09. The molecule has 110 valence electrons. The van der Waals surface area contributed by atoms with Gasteiger partial charge in [-0.1, -0.05) is 25.1 Å². The predicted octanol–water partition coefficient (Wildman–Crippen LogP) is 4.10. The van der Waals surface area contributed by atoms with Crippen LogP contribution in [0.4, 0.5) is 0 Å². The van der Waals surface area contributed by atoms with Crippen LogP contribution in [0.25, 0.3) is 10.9 Å². The minimum absolute atomic E-state index is 0. The molecule has 1 saturated heterocycles. The van der Waals surface area contributed by atoms with Gasteiger partial charge in [0.2, 0.25) is 0 Å². The zero-order chi connectivity index (χ0) is 12.5. The van der Waals surface area contributed by atoms with Gasteiger partial charge in [-0.2, -0.15) is 0 Å². The van der Waals surface area contributed by atoms with Crippen LogP contribution in [0.3, 0.4) is 0 Å². The zero-order valence-electron chi connectivity index (χ0n) is 11.9. The average Bonchev–Trinajstić information content (AvgIpc) is 2.39. The summed E-state index contributed by atoms with van der Waals surface area (Å²) in [6, 6.07) is 8.77. The number of benzene rings is 1. The summed E-state index contributed by atoms with van der Waals surface area (Å²) in [7, 11) is 0. The van der Waals surface area contributed by atoms with E-state index in [0.717, 1.165) is 24.5 Å². The largest absolute Gasteiger partial charge is 0.316 e. The summed E-state index contributed by atoms with van der Waals surface area (Å²) in [6.07, 6.45) is 3.17. The predicted molar refractivity (Wildman–Crippen MR) is 90.4 cm³/mol. The summed E-state index contributed by atoms with van der Waals surface area (Å²) in [5.41, 5.74) is 3.89. The van der Waals surface area contributed by atoms with Crippen LogP contribution in [0.1, 0.15) is 30.4 Å². The molecule has 1 aromatic heterocycles. The first-order valence-corrected chi connectivity index (χ1v) is 6.80. The highest BCUT2D eigenvalue weighted by atomic mass is 35.5. The smallest absolute Gasteiger partial charge is 0.0733 e. The molecule has 1 N–H and O–H groups in total. The van der Waals surface area contributed by atoms with Crippen LogP contribution in [0.5, 0.6) is 0 Å². The normalized spacial score (nSPS) is 21.9. The molecule has 2 heterocycles. The summed E-state index contributed by atoms with van der Waals surface area (Å²) in [5.74, 6) is 1.39. The summed E-state index contributed by atoms with van der Waals surface area (Å²) >= 11 is 0. The third-order valence-corrected chi connectivity index (χ3v) is 4.02. The van der Waals surface area contributed by atoms with Crippen LogP contribution in [0, 0.1) is 12.8 Å². The van der Waals surface area contributed by atoms with E-state index in [0.29, 0.717) is 5.92 Å². The average molecular weight is 313 g/mol. The van der Waals surface area contributed by atoms with Crippen LogP contribution in [0.2, 0.25) is 0 Å². The van der Waals surface area contributed by atoms with Crippen LogP contribution < -0.4 is 5.32 Å². The second kappa shape index (κ2) is 7.26. The summed E-state index contributed by atoms with van der Waals surface area (Å²) in [6.45, 7) is 6.71. The molecule has 1 aliphatic heterocycles. The Morgan fingerprint density at radius 1 is 1.15 bits per heavy atom. The van der Waals surface area contributed by atoms with Gasteiger partial charge in [0, 0.05) is 18.1 Å². The molecule has 2 nitrogen and oxygen atoms in total. The van der Waals surface area contributed by atoms with Gasteiger partial charge in [-0.05, 0) is 48.9 Å². The summed E-state index contributed by atoms with van der Waals surface area (Å²) in [4.78, 5) is 4.53. The van der Waals surface area contributed by atoms with Crippen molar-refractivity contribution in [1.82, 2.24) is 10.3 Å². The first-order chi connectivity index (χ1) is 8.75. The highest BCUT2D eigenvalue weighted by Crippen LogP contribution is 2.32. The van der Waals surface area contributed by atoms with E-state index in [1.165, 1.54) is 22.9 Å². The van der Waals surface area contributed by atoms with Crippen LogP contribution in [-0.2, 0) is 0 Å². The number of rotatable bonds is 1. The molecule has 0 bridgehead atoms. The van der Waals surface area contributed by atoms with E-state index in [4.69, 9.17) is 0 Å². The Bertz CT molecular complexity index is 571. The van der Waals surface area contributed by atoms with E-state index in [-0.39, 0.29) is 24.8 Å². The van der Waals surface area contributed by atoms with Crippen molar-refractivity contribution in [2.45, 2.75) is 26.2 Å². The minimum atomic E-state index is 0. The van der Waals surface area contributed by atoms with Crippen LogP contribution in [-0.4, -0.2) is 18.1 Å². The van der Waals surface area contributed by atoms with E-state index >= 15 is 0 Å². The Morgan fingerprint density at radius 3 is 2.70 bits per heavy atom. The van der Waals surface area contributed by atoms with Crippen molar-refractivity contribution in [3.05, 3.63) is 41.6 Å². The summed E-state index contributed by atoms with van der Waals surface area (Å²) < 4.78 is 0. The number of aryl methyl sites for hydroxylation is 1. The highest BCUT2D eigenvalue weighted by Gasteiger charge is 2.21. The van der Waals surface area contributed by atoms with Gasteiger partial charge in [0.15, 0.2) is 0 Å². The Balaban J connectivity index is 0.000001000. The van der Waals surface area contributed by atoms with Crippen molar-refractivity contribution < 1.29 is 0 Å². The van der Waals surface area contributed by atoms with Gasteiger partial charge in [0.25, 0.3) is 0 Å². The molecule has 2 atom stereocenters. The Morgan fingerprint density at radius 2 is 1.95 bits per heavy atom. The van der Waals surface area contributed by atoms with Gasteiger partial charge in [0.05, 0.1) is 5.52 Å². The SMILES string of the molecule is Cc1ccc(C2CNC[C@H](C)C2)c2cccnc12.Cl.Cl. The van der Waals surface area contributed by atoms with Crippen LogP contribution in [0.15, 0.2) is 30.5 Å². The van der Waals surface area contributed by atoms with Crippen molar-refractivity contribution in [1.29, 1.82) is 0 Å². The lowest BCUT2D eigenvalue weighted by molar-refractivity contribution is 0.365. The van der Waals surface area contributed by atoms with Crippen LogP contribution >= 0.6 is 24.8 Å². The molecule has 0 aliphatic carbocycles. The van der Waals surface area contributed by atoms with Gasteiger partial charge in [-0.3, -0.25) is 4.98 Å². The molecule has 0 amide bonds. The number of aromatic nitrogens is 1. The molecule has 1 aliphatic rings. The van der Waals surface area contributed by atoms with E-state index in [1.807, 2.05) is 12.3 Å². The second-order valence-corrected chi connectivity index (χ2v) is 5.57. The Kier molecular flexibility index (Phi) is 6.25. The summed E-state index contributed by atoms with van der Waals surface area (Å²) in [5, 5.41) is 4.87. The van der Waals surface area contributed by atoms with Gasteiger partial charge in [0.1, 0.15) is 0 Å². The number of fused-ring (bicyclic) bond motifs is 1.